The molecule has 0 aliphatic rings. The van der Waals surface area contributed by atoms with Crippen LogP contribution in [-0.4, -0.2) is 26.2 Å². The zero-order valence-corrected chi connectivity index (χ0v) is 12.4. The first-order valence-electron chi connectivity index (χ1n) is 5.08. The third-order valence-corrected chi connectivity index (χ3v) is 2.96. The molecule has 0 aliphatic heterocycles. The van der Waals surface area contributed by atoms with Crippen LogP contribution in [0.5, 0.6) is 0 Å². The minimum Gasteiger partial charge on any atom is -0.466 e. The zero-order valence-electron chi connectivity index (χ0n) is 10.2. The van der Waals surface area contributed by atoms with Crippen molar-refractivity contribution in [1.82, 2.24) is 0 Å². The highest BCUT2D eigenvalue weighted by Gasteiger charge is 2.14. The lowest BCUT2D eigenvalue weighted by atomic mass is 10.3. The Morgan fingerprint density at radius 3 is 2.53 bits per heavy atom. The molecule has 0 bridgehead atoms. The molecule has 1 aromatic carbocycles. The molecule has 0 saturated carbocycles. The molecule has 0 unspecified atom stereocenters. The van der Waals surface area contributed by atoms with Gasteiger partial charge in [0.2, 0.25) is 0 Å². The fourth-order valence-electron chi connectivity index (χ4n) is 1.17. The summed E-state index contributed by atoms with van der Waals surface area (Å²) in [6.07, 6.45) is 0.964. The summed E-state index contributed by atoms with van der Waals surface area (Å²) >= 11 is 1.90. The molecule has 1 N–H and O–H groups in total. The first kappa shape index (κ1) is 15.4. The molecule has 1 rings (SSSR count). The summed E-state index contributed by atoms with van der Waals surface area (Å²) in [7, 11) is 2.38. The molecule has 0 aliphatic carbocycles. The fourth-order valence-corrected chi connectivity index (χ4v) is 1.78. The number of ether oxygens (including phenoxy) is 2. The topological polar surface area (TPSA) is 64.6 Å². The number of halogens is 2. The number of hydrogen-bond donors (Lipinski definition) is 1. The Bertz CT molecular complexity index is 530. The molecule has 0 fully saturated rings. The van der Waals surface area contributed by atoms with Crippen molar-refractivity contribution in [1.29, 1.82) is 0 Å². The maximum absolute atomic E-state index is 13.0. The standard InChI is InChI=1S/C12H11FINO4/c1-18-11(16)6-10(12(17)19-2)15-9-4-3-7(13)5-8(9)14/h3-6,15H,1-2H3/b10-6+. The van der Waals surface area contributed by atoms with E-state index in [0.29, 0.717) is 9.26 Å². The second-order valence-electron chi connectivity index (χ2n) is 3.32. The number of esters is 2. The van der Waals surface area contributed by atoms with Crippen LogP contribution in [0.4, 0.5) is 10.1 Å². The Labute approximate surface area is 122 Å². The molecule has 0 heterocycles. The summed E-state index contributed by atoms with van der Waals surface area (Å²) < 4.78 is 22.5. The normalized spacial score (nSPS) is 10.8. The van der Waals surface area contributed by atoms with Crippen LogP contribution in [0, 0.1) is 9.39 Å². The molecule has 7 heteroatoms. The predicted molar refractivity (Wildman–Crippen MR) is 74.9 cm³/mol. The predicted octanol–water partition coefficient (Wildman–Crippen LogP) is 2.07. The maximum atomic E-state index is 13.0. The minimum absolute atomic E-state index is 0.0983. The van der Waals surface area contributed by atoms with Crippen molar-refractivity contribution < 1.29 is 23.5 Å². The van der Waals surface area contributed by atoms with Crippen LogP contribution in [0.3, 0.4) is 0 Å². The van der Waals surface area contributed by atoms with E-state index in [1.807, 2.05) is 22.6 Å². The summed E-state index contributed by atoms with van der Waals surface area (Å²) in [6.45, 7) is 0. The molecular formula is C12H11FINO4. The van der Waals surface area contributed by atoms with E-state index in [2.05, 4.69) is 14.8 Å². The molecule has 0 amide bonds. The van der Waals surface area contributed by atoms with E-state index >= 15 is 0 Å². The molecular weight excluding hydrogens is 368 g/mol. The lowest BCUT2D eigenvalue weighted by Gasteiger charge is -2.10. The molecule has 0 atom stereocenters. The van der Waals surface area contributed by atoms with Gasteiger partial charge in [0.15, 0.2) is 0 Å². The van der Waals surface area contributed by atoms with E-state index < -0.39 is 17.8 Å². The summed E-state index contributed by atoms with van der Waals surface area (Å²) in [6, 6.07) is 3.97. The van der Waals surface area contributed by atoms with Crippen molar-refractivity contribution in [2.75, 3.05) is 19.5 Å². The Morgan fingerprint density at radius 1 is 1.32 bits per heavy atom. The number of carbonyl (C=O) groups excluding carboxylic acids is 2. The molecule has 0 radical (unpaired) electrons. The van der Waals surface area contributed by atoms with Crippen molar-refractivity contribution in [3.63, 3.8) is 0 Å². The van der Waals surface area contributed by atoms with Gasteiger partial charge in [-0.1, -0.05) is 0 Å². The second-order valence-corrected chi connectivity index (χ2v) is 4.48. The number of methoxy groups -OCH3 is 2. The van der Waals surface area contributed by atoms with Crippen LogP contribution in [0.1, 0.15) is 0 Å². The van der Waals surface area contributed by atoms with Gasteiger partial charge in [0.25, 0.3) is 0 Å². The Hall–Kier alpha value is -1.64. The molecule has 19 heavy (non-hydrogen) atoms. The van der Waals surface area contributed by atoms with Crippen LogP contribution in [-0.2, 0) is 19.1 Å². The fraction of sp³-hybridized carbons (Fsp3) is 0.167. The second kappa shape index (κ2) is 7.07. The zero-order chi connectivity index (χ0) is 14.4. The van der Waals surface area contributed by atoms with Gasteiger partial charge in [0.05, 0.1) is 26.0 Å². The van der Waals surface area contributed by atoms with Gasteiger partial charge < -0.3 is 14.8 Å². The number of rotatable bonds is 4. The first-order chi connectivity index (χ1) is 8.97. The first-order valence-corrected chi connectivity index (χ1v) is 6.16. The summed E-state index contributed by atoms with van der Waals surface area (Å²) in [5.74, 6) is -1.83. The third-order valence-electron chi connectivity index (χ3n) is 2.07. The molecule has 0 spiro atoms. The minimum atomic E-state index is -0.731. The number of carbonyl (C=O) groups is 2. The van der Waals surface area contributed by atoms with Gasteiger partial charge in [-0.25, -0.2) is 14.0 Å². The Balaban J connectivity index is 3.04. The average molecular weight is 379 g/mol. The summed E-state index contributed by atoms with van der Waals surface area (Å²) in [4.78, 5) is 22.7. The molecule has 0 saturated heterocycles. The van der Waals surface area contributed by atoms with E-state index in [1.54, 1.807) is 0 Å². The van der Waals surface area contributed by atoms with Gasteiger partial charge in [-0.15, -0.1) is 0 Å². The summed E-state index contributed by atoms with van der Waals surface area (Å²) in [5, 5.41) is 2.70. The maximum Gasteiger partial charge on any atom is 0.354 e. The van der Waals surface area contributed by atoms with E-state index in [9.17, 15) is 14.0 Å². The number of hydrogen-bond acceptors (Lipinski definition) is 5. The van der Waals surface area contributed by atoms with Crippen LogP contribution in [0.25, 0.3) is 0 Å². The largest absolute Gasteiger partial charge is 0.466 e. The number of anilines is 1. The highest BCUT2D eigenvalue weighted by Crippen LogP contribution is 2.21. The highest BCUT2D eigenvalue weighted by atomic mass is 127. The van der Waals surface area contributed by atoms with Gasteiger partial charge in [-0.3, -0.25) is 0 Å². The lowest BCUT2D eigenvalue weighted by Crippen LogP contribution is -2.16. The SMILES string of the molecule is COC(=O)/C=C(/Nc1ccc(F)cc1I)C(=O)OC. The van der Waals surface area contributed by atoms with Gasteiger partial charge in [0.1, 0.15) is 11.5 Å². The van der Waals surface area contributed by atoms with Gasteiger partial charge in [-0.2, -0.15) is 0 Å². The van der Waals surface area contributed by atoms with Crippen molar-refractivity contribution in [2.45, 2.75) is 0 Å². The van der Waals surface area contributed by atoms with E-state index in [1.165, 1.54) is 32.4 Å². The molecule has 0 aromatic heterocycles. The van der Waals surface area contributed by atoms with Gasteiger partial charge in [-0.05, 0) is 40.8 Å². The van der Waals surface area contributed by atoms with Crippen molar-refractivity contribution in [2.24, 2.45) is 0 Å². The monoisotopic (exact) mass is 379 g/mol. The van der Waals surface area contributed by atoms with E-state index in [0.717, 1.165) is 6.08 Å². The van der Waals surface area contributed by atoms with Crippen molar-refractivity contribution in [3.8, 4) is 0 Å². The Morgan fingerprint density at radius 2 is 2.00 bits per heavy atom. The average Bonchev–Trinajstić information content (AvgIpc) is 2.39. The highest BCUT2D eigenvalue weighted by molar-refractivity contribution is 14.1. The van der Waals surface area contributed by atoms with Crippen LogP contribution >= 0.6 is 22.6 Å². The van der Waals surface area contributed by atoms with Crippen molar-refractivity contribution in [3.05, 3.63) is 39.4 Å². The van der Waals surface area contributed by atoms with Crippen LogP contribution in [0.15, 0.2) is 30.0 Å². The van der Waals surface area contributed by atoms with Crippen LogP contribution < -0.4 is 5.32 Å². The Kier molecular flexibility index (Phi) is 5.74. The van der Waals surface area contributed by atoms with Crippen LogP contribution in [0.2, 0.25) is 0 Å². The lowest BCUT2D eigenvalue weighted by molar-refractivity contribution is -0.138. The number of nitrogens with one attached hydrogen (secondary N) is 1. The quantitative estimate of drug-likeness (QED) is 0.493. The van der Waals surface area contributed by atoms with Gasteiger partial charge >= 0.3 is 11.9 Å². The molecule has 102 valence electrons. The third kappa shape index (κ3) is 4.51. The van der Waals surface area contributed by atoms with E-state index in [-0.39, 0.29) is 5.70 Å². The van der Waals surface area contributed by atoms with E-state index in [4.69, 9.17) is 0 Å². The number of benzene rings is 1. The van der Waals surface area contributed by atoms with Gasteiger partial charge in [0, 0.05) is 3.57 Å². The molecule has 5 nitrogen and oxygen atoms in total. The summed E-state index contributed by atoms with van der Waals surface area (Å²) in [5.41, 5.74) is 0.376. The molecule has 1 aromatic rings. The van der Waals surface area contributed by atoms with Crippen molar-refractivity contribution >= 4 is 40.2 Å². The smallest absolute Gasteiger partial charge is 0.354 e.